The van der Waals surface area contributed by atoms with Crippen molar-refractivity contribution >= 4 is 23.3 Å². The molecule has 1 N–H and O–H groups in total. The minimum Gasteiger partial charge on any atom is -0.490 e. The molecule has 0 saturated heterocycles. The lowest BCUT2D eigenvalue weighted by Crippen LogP contribution is -2.40. The number of nitrogens with zero attached hydrogens (tertiary/aromatic N) is 4. The van der Waals surface area contributed by atoms with Crippen LogP contribution < -0.4 is 9.80 Å². The van der Waals surface area contributed by atoms with Crippen molar-refractivity contribution in [3.8, 4) is 11.8 Å². The fourth-order valence-corrected chi connectivity index (χ4v) is 4.50. The van der Waals surface area contributed by atoms with E-state index in [1.807, 2.05) is 17.9 Å². The van der Waals surface area contributed by atoms with E-state index in [4.69, 9.17) is 21.6 Å². The molecule has 31 heavy (non-hydrogen) atoms. The van der Waals surface area contributed by atoms with E-state index < -0.39 is 0 Å². The normalized spacial score (nSPS) is 20.3. The fraction of sp³-hybridized carbons (Fsp3) is 0.435. The second-order valence-electron chi connectivity index (χ2n) is 8.02. The molecule has 2 aromatic rings. The second-order valence-corrected chi connectivity index (χ2v) is 8.43. The number of carbonyl (C=O) groups excluding carboxylic acids is 1. The number of hydrogen-bond donors (Lipinski definition) is 1. The Kier molecular flexibility index (Phi) is 6.30. The number of hydrogen-bond acceptors (Lipinski definition) is 6. The standard InChI is InChI=1S/C23H25ClN4O3/c1-2-11-28(30)22-10-9-19-21(26-22)14-27(23(19)29)16-4-7-17(8-5-16)31-18-6-3-15(13-25)20(24)12-18/h3,6,9-10,12,16-17,30H,2,4-5,7-8,11,14H2,1H3/t16-,17-. The summed E-state index contributed by atoms with van der Waals surface area (Å²) in [7, 11) is 0. The highest BCUT2D eigenvalue weighted by molar-refractivity contribution is 6.31. The van der Waals surface area contributed by atoms with Crippen molar-refractivity contribution in [2.45, 2.75) is 57.7 Å². The van der Waals surface area contributed by atoms with E-state index in [1.54, 1.807) is 30.3 Å². The molecule has 8 heteroatoms. The van der Waals surface area contributed by atoms with Crippen molar-refractivity contribution < 1.29 is 14.7 Å². The Morgan fingerprint density at radius 1 is 1.29 bits per heavy atom. The Labute approximate surface area is 186 Å². The third-order valence-electron chi connectivity index (χ3n) is 5.92. The van der Waals surface area contributed by atoms with Gasteiger partial charge in [-0.3, -0.25) is 10.0 Å². The first kappa shape index (κ1) is 21.4. The first-order chi connectivity index (χ1) is 15.0. The number of rotatable bonds is 6. The van der Waals surface area contributed by atoms with Gasteiger partial charge in [-0.1, -0.05) is 18.5 Å². The topological polar surface area (TPSA) is 89.7 Å². The molecule has 0 atom stereocenters. The summed E-state index contributed by atoms with van der Waals surface area (Å²) in [4.78, 5) is 19.3. The van der Waals surface area contributed by atoms with Gasteiger partial charge in [-0.25, -0.2) is 10.0 Å². The average Bonchev–Trinajstić information content (AvgIpc) is 3.10. The lowest BCUT2D eigenvalue weighted by atomic mass is 9.92. The summed E-state index contributed by atoms with van der Waals surface area (Å²) in [6.07, 6.45) is 4.23. The van der Waals surface area contributed by atoms with Gasteiger partial charge in [-0.05, 0) is 56.4 Å². The highest BCUT2D eigenvalue weighted by atomic mass is 35.5. The number of carbonyl (C=O) groups is 1. The molecule has 2 heterocycles. The maximum atomic E-state index is 12.9. The average molecular weight is 441 g/mol. The molecule has 4 rings (SSSR count). The third kappa shape index (κ3) is 4.46. The molecule has 1 aromatic carbocycles. The lowest BCUT2D eigenvalue weighted by Gasteiger charge is -2.34. The maximum absolute atomic E-state index is 12.9. The summed E-state index contributed by atoms with van der Waals surface area (Å²) in [5, 5.41) is 20.6. The van der Waals surface area contributed by atoms with Crippen LogP contribution in [0.1, 0.15) is 60.6 Å². The predicted molar refractivity (Wildman–Crippen MR) is 116 cm³/mol. The summed E-state index contributed by atoms with van der Waals surface area (Å²) in [6, 6.07) is 10.8. The van der Waals surface area contributed by atoms with Gasteiger partial charge >= 0.3 is 0 Å². The minimum absolute atomic E-state index is 0.0114. The summed E-state index contributed by atoms with van der Waals surface area (Å²) < 4.78 is 6.06. The summed E-state index contributed by atoms with van der Waals surface area (Å²) in [6.45, 7) is 2.96. The molecule has 7 nitrogen and oxygen atoms in total. The molecule has 1 aliphatic carbocycles. The second kappa shape index (κ2) is 9.13. The van der Waals surface area contributed by atoms with E-state index in [1.165, 1.54) is 0 Å². The van der Waals surface area contributed by atoms with Crippen LogP contribution in [0, 0.1) is 11.3 Å². The van der Waals surface area contributed by atoms with Gasteiger partial charge in [0.05, 0.1) is 34.5 Å². The van der Waals surface area contributed by atoms with Gasteiger partial charge in [-0.15, -0.1) is 0 Å². The van der Waals surface area contributed by atoms with E-state index in [9.17, 15) is 10.0 Å². The number of pyridine rings is 1. The Morgan fingerprint density at radius 3 is 2.74 bits per heavy atom. The van der Waals surface area contributed by atoms with Crippen LogP contribution >= 0.6 is 11.6 Å². The number of anilines is 1. The molecule has 1 saturated carbocycles. The molecule has 0 bridgehead atoms. The van der Waals surface area contributed by atoms with Crippen LogP contribution in [0.5, 0.6) is 5.75 Å². The molecule has 1 amide bonds. The SMILES string of the molecule is CCCN(O)c1ccc2c(n1)CN([C@H]1CC[C@H](Oc3ccc(C#N)c(Cl)c3)CC1)C2=O. The molecule has 1 aromatic heterocycles. The first-order valence-electron chi connectivity index (χ1n) is 10.6. The fourth-order valence-electron chi connectivity index (χ4n) is 4.29. The number of fused-ring (bicyclic) bond motifs is 1. The van der Waals surface area contributed by atoms with Crippen molar-refractivity contribution in [2.75, 3.05) is 11.6 Å². The van der Waals surface area contributed by atoms with E-state index >= 15 is 0 Å². The third-order valence-corrected chi connectivity index (χ3v) is 6.23. The monoisotopic (exact) mass is 440 g/mol. The number of benzene rings is 1. The van der Waals surface area contributed by atoms with E-state index in [2.05, 4.69) is 4.98 Å². The highest BCUT2D eigenvalue weighted by Gasteiger charge is 2.36. The smallest absolute Gasteiger partial charge is 0.256 e. The Bertz CT molecular complexity index is 1010. The number of amides is 1. The Hall–Kier alpha value is -2.82. The number of ether oxygens (including phenoxy) is 1. The van der Waals surface area contributed by atoms with E-state index in [0.717, 1.165) is 42.9 Å². The summed E-state index contributed by atoms with van der Waals surface area (Å²) in [5.41, 5.74) is 1.78. The van der Waals surface area contributed by atoms with Crippen LogP contribution in [-0.4, -0.2) is 39.7 Å². The number of aromatic nitrogens is 1. The minimum atomic E-state index is 0.0114. The number of nitriles is 1. The molecule has 0 unspecified atom stereocenters. The zero-order valence-electron chi connectivity index (χ0n) is 17.4. The number of halogens is 1. The molecule has 2 aliphatic rings. The van der Waals surface area contributed by atoms with E-state index in [0.29, 0.717) is 40.8 Å². The van der Waals surface area contributed by atoms with Crippen LogP contribution in [-0.2, 0) is 6.54 Å². The van der Waals surface area contributed by atoms with Gasteiger partial charge in [0, 0.05) is 18.7 Å². The zero-order chi connectivity index (χ0) is 22.0. The first-order valence-corrected chi connectivity index (χ1v) is 11.0. The zero-order valence-corrected chi connectivity index (χ0v) is 18.2. The predicted octanol–water partition coefficient (Wildman–Crippen LogP) is 4.56. The van der Waals surface area contributed by atoms with Crippen LogP contribution in [0.3, 0.4) is 0 Å². The molecule has 0 spiro atoms. The largest absolute Gasteiger partial charge is 0.490 e. The van der Waals surface area contributed by atoms with Gasteiger partial charge in [-0.2, -0.15) is 5.26 Å². The van der Waals surface area contributed by atoms with Crippen molar-refractivity contribution in [3.63, 3.8) is 0 Å². The number of hydroxylamine groups is 1. The van der Waals surface area contributed by atoms with Crippen molar-refractivity contribution in [3.05, 3.63) is 52.2 Å². The maximum Gasteiger partial charge on any atom is 0.256 e. The molecule has 0 radical (unpaired) electrons. The van der Waals surface area contributed by atoms with Crippen LogP contribution in [0.25, 0.3) is 0 Å². The highest BCUT2D eigenvalue weighted by Crippen LogP contribution is 2.33. The van der Waals surface area contributed by atoms with Gasteiger partial charge in [0.2, 0.25) is 0 Å². The molecule has 1 fully saturated rings. The molecular formula is C23H25ClN4O3. The quantitative estimate of drug-likeness (QED) is 0.662. The van der Waals surface area contributed by atoms with Gasteiger partial charge in [0.15, 0.2) is 5.82 Å². The molecular weight excluding hydrogens is 416 g/mol. The van der Waals surface area contributed by atoms with Crippen molar-refractivity contribution in [1.82, 2.24) is 9.88 Å². The van der Waals surface area contributed by atoms with Crippen molar-refractivity contribution in [2.24, 2.45) is 0 Å². The van der Waals surface area contributed by atoms with Gasteiger partial charge < -0.3 is 9.64 Å². The summed E-state index contributed by atoms with van der Waals surface area (Å²) >= 11 is 6.09. The Morgan fingerprint density at radius 2 is 2.06 bits per heavy atom. The van der Waals surface area contributed by atoms with Crippen LogP contribution in [0.4, 0.5) is 5.82 Å². The molecule has 1 aliphatic heterocycles. The van der Waals surface area contributed by atoms with Gasteiger partial charge in [0.1, 0.15) is 11.8 Å². The van der Waals surface area contributed by atoms with Crippen LogP contribution in [0.2, 0.25) is 5.02 Å². The van der Waals surface area contributed by atoms with Crippen LogP contribution in [0.15, 0.2) is 30.3 Å². The van der Waals surface area contributed by atoms with E-state index in [-0.39, 0.29) is 18.1 Å². The Balaban J connectivity index is 1.36. The lowest BCUT2D eigenvalue weighted by molar-refractivity contribution is 0.0560. The van der Waals surface area contributed by atoms with Crippen molar-refractivity contribution in [1.29, 1.82) is 5.26 Å². The molecule has 162 valence electrons. The summed E-state index contributed by atoms with van der Waals surface area (Å²) in [5.74, 6) is 1.15. The van der Waals surface area contributed by atoms with Gasteiger partial charge in [0.25, 0.3) is 5.91 Å².